The van der Waals surface area contributed by atoms with E-state index in [4.69, 9.17) is 17.0 Å². The van der Waals surface area contributed by atoms with Gasteiger partial charge in [-0.05, 0) is 49.5 Å². The molecule has 1 aromatic carbocycles. The van der Waals surface area contributed by atoms with Gasteiger partial charge in [0.05, 0.1) is 17.6 Å². The molecule has 1 fully saturated rings. The Hall–Kier alpha value is -1.13. The third-order valence-corrected chi connectivity index (χ3v) is 3.85. The molecule has 18 heavy (non-hydrogen) atoms. The van der Waals surface area contributed by atoms with E-state index in [-0.39, 0.29) is 0 Å². The van der Waals surface area contributed by atoms with E-state index >= 15 is 0 Å². The molecule has 1 saturated carbocycles. The van der Waals surface area contributed by atoms with Crippen LogP contribution in [0.15, 0.2) is 18.2 Å². The highest BCUT2D eigenvalue weighted by Gasteiger charge is 2.20. The normalized spacial score (nSPS) is 15.4. The zero-order chi connectivity index (χ0) is 12.5. The van der Waals surface area contributed by atoms with E-state index in [1.165, 1.54) is 23.9 Å². The zero-order valence-electron chi connectivity index (χ0n) is 10.6. The largest absolute Gasteiger partial charge is 0.379 e. The van der Waals surface area contributed by atoms with E-state index in [9.17, 15) is 0 Å². The first-order valence-corrected chi connectivity index (χ1v) is 6.92. The number of aromatic nitrogens is 2. The van der Waals surface area contributed by atoms with Gasteiger partial charge >= 0.3 is 0 Å². The molecule has 1 N–H and O–H groups in total. The average Bonchev–Trinajstić information content (AvgIpc) is 3.11. The number of fused-ring (bicyclic) bond motifs is 1. The molecule has 1 heterocycles. The summed E-state index contributed by atoms with van der Waals surface area (Å²) in [5.41, 5.74) is 3.55. The number of benzene rings is 1. The van der Waals surface area contributed by atoms with Crippen molar-refractivity contribution in [2.45, 2.75) is 26.3 Å². The number of aromatic amines is 1. The van der Waals surface area contributed by atoms with Crippen molar-refractivity contribution in [1.29, 1.82) is 0 Å². The predicted molar refractivity (Wildman–Crippen MR) is 75.4 cm³/mol. The lowest BCUT2D eigenvalue weighted by molar-refractivity contribution is 0.117. The van der Waals surface area contributed by atoms with Gasteiger partial charge < -0.3 is 14.3 Å². The zero-order valence-corrected chi connectivity index (χ0v) is 11.4. The van der Waals surface area contributed by atoms with Crippen molar-refractivity contribution in [2.24, 2.45) is 5.92 Å². The van der Waals surface area contributed by atoms with Crippen molar-refractivity contribution in [3.63, 3.8) is 0 Å². The highest BCUT2D eigenvalue weighted by atomic mass is 32.1. The van der Waals surface area contributed by atoms with Gasteiger partial charge in [0.25, 0.3) is 0 Å². The SMILES string of the molecule is Cc1cccc2c1[nH]c(=S)n2CCOCC1CC1. The van der Waals surface area contributed by atoms with Crippen molar-refractivity contribution in [1.82, 2.24) is 9.55 Å². The molecule has 3 rings (SSSR count). The molecule has 0 aliphatic heterocycles. The number of aryl methyl sites for hydroxylation is 1. The van der Waals surface area contributed by atoms with Crippen molar-refractivity contribution in [3.8, 4) is 0 Å². The molecule has 2 aromatic rings. The number of nitrogens with zero attached hydrogens (tertiary/aromatic N) is 1. The third-order valence-electron chi connectivity index (χ3n) is 3.53. The maximum absolute atomic E-state index is 5.68. The molecule has 0 saturated heterocycles. The van der Waals surface area contributed by atoms with Crippen LogP contribution >= 0.6 is 12.2 Å². The van der Waals surface area contributed by atoms with Crippen LogP contribution in [0.3, 0.4) is 0 Å². The fraction of sp³-hybridized carbons (Fsp3) is 0.500. The standard InChI is InChI=1S/C14H18N2OS/c1-10-3-2-4-12-13(10)15-14(18)16(12)7-8-17-9-11-5-6-11/h2-4,11H,5-9H2,1H3,(H,15,18). The van der Waals surface area contributed by atoms with Crippen LogP contribution in [-0.2, 0) is 11.3 Å². The summed E-state index contributed by atoms with van der Waals surface area (Å²) in [5.74, 6) is 0.822. The molecule has 1 aliphatic rings. The van der Waals surface area contributed by atoms with Gasteiger partial charge in [-0.15, -0.1) is 0 Å². The second kappa shape index (κ2) is 4.86. The van der Waals surface area contributed by atoms with Crippen LogP contribution in [0, 0.1) is 17.6 Å². The first-order valence-electron chi connectivity index (χ1n) is 6.51. The Labute approximate surface area is 112 Å². The van der Waals surface area contributed by atoms with Gasteiger partial charge in [0.2, 0.25) is 0 Å². The second-order valence-electron chi connectivity index (χ2n) is 5.07. The van der Waals surface area contributed by atoms with Gasteiger partial charge in [0.1, 0.15) is 0 Å². The highest BCUT2D eigenvalue weighted by Crippen LogP contribution is 2.28. The lowest BCUT2D eigenvalue weighted by Crippen LogP contribution is -2.07. The van der Waals surface area contributed by atoms with Crippen LogP contribution in [-0.4, -0.2) is 22.8 Å². The van der Waals surface area contributed by atoms with Gasteiger partial charge in [-0.2, -0.15) is 0 Å². The molecule has 0 atom stereocenters. The summed E-state index contributed by atoms with van der Waals surface area (Å²) in [4.78, 5) is 3.28. The Morgan fingerprint density at radius 1 is 1.44 bits per heavy atom. The molecule has 1 aromatic heterocycles. The summed E-state index contributed by atoms with van der Waals surface area (Å²) in [6, 6.07) is 6.28. The van der Waals surface area contributed by atoms with Crippen molar-refractivity contribution < 1.29 is 4.74 Å². The van der Waals surface area contributed by atoms with Crippen LogP contribution < -0.4 is 0 Å². The Balaban J connectivity index is 1.75. The first kappa shape index (κ1) is 11.9. The van der Waals surface area contributed by atoms with Crippen molar-refractivity contribution in [2.75, 3.05) is 13.2 Å². The molecule has 0 spiro atoms. The first-order chi connectivity index (χ1) is 8.75. The van der Waals surface area contributed by atoms with Gasteiger partial charge in [-0.1, -0.05) is 12.1 Å². The van der Waals surface area contributed by atoms with Crippen molar-refractivity contribution >= 4 is 23.3 Å². The van der Waals surface area contributed by atoms with E-state index in [1.54, 1.807) is 0 Å². The van der Waals surface area contributed by atoms with E-state index in [2.05, 4.69) is 34.7 Å². The minimum atomic E-state index is 0.742. The van der Waals surface area contributed by atoms with Crippen molar-refractivity contribution in [3.05, 3.63) is 28.5 Å². The molecule has 0 unspecified atom stereocenters. The fourth-order valence-electron chi connectivity index (χ4n) is 2.24. The van der Waals surface area contributed by atoms with Crippen LogP contribution in [0.25, 0.3) is 11.0 Å². The Kier molecular flexibility index (Phi) is 3.22. The smallest absolute Gasteiger partial charge is 0.178 e. The minimum Gasteiger partial charge on any atom is -0.379 e. The number of rotatable bonds is 5. The molecule has 0 bridgehead atoms. The van der Waals surface area contributed by atoms with Crippen LogP contribution in [0.1, 0.15) is 18.4 Å². The number of H-pyrrole nitrogens is 1. The van der Waals surface area contributed by atoms with Gasteiger partial charge in [-0.25, -0.2) is 0 Å². The maximum Gasteiger partial charge on any atom is 0.178 e. The number of nitrogens with one attached hydrogen (secondary N) is 1. The molecule has 96 valence electrons. The molecular weight excluding hydrogens is 244 g/mol. The monoisotopic (exact) mass is 262 g/mol. The molecule has 1 aliphatic carbocycles. The van der Waals surface area contributed by atoms with Crippen LogP contribution in [0.4, 0.5) is 0 Å². The predicted octanol–water partition coefficient (Wildman–Crippen LogP) is 3.43. The molecule has 4 heteroatoms. The van der Waals surface area contributed by atoms with E-state index in [0.717, 1.165) is 36.0 Å². The molecular formula is C14H18N2OS. The topological polar surface area (TPSA) is 29.9 Å². The van der Waals surface area contributed by atoms with Gasteiger partial charge in [0.15, 0.2) is 4.77 Å². The number of imidazole rings is 1. The van der Waals surface area contributed by atoms with E-state index in [1.807, 2.05) is 0 Å². The van der Waals surface area contributed by atoms with Gasteiger partial charge in [0, 0.05) is 13.2 Å². The number of hydrogen-bond donors (Lipinski definition) is 1. The summed E-state index contributed by atoms with van der Waals surface area (Å²) >= 11 is 5.38. The summed E-state index contributed by atoms with van der Waals surface area (Å²) < 4.78 is 8.60. The number of para-hydroxylation sites is 1. The third kappa shape index (κ3) is 2.35. The van der Waals surface area contributed by atoms with Crippen LogP contribution in [0.2, 0.25) is 0 Å². The molecule has 3 nitrogen and oxygen atoms in total. The summed E-state index contributed by atoms with van der Waals surface area (Å²) in [6.07, 6.45) is 2.68. The summed E-state index contributed by atoms with van der Waals surface area (Å²) in [7, 11) is 0. The Morgan fingerprint density at radius 3 is 3.06 bits per heavy atom. The Morgan fingerprint density at radius 2 is 2.28 bits per heavy atom. The summed E-state index contributed by atoms with van der Waals surface area (Å²) in [6.45, 7) is 4.58. The highest BCUT2D eigenvalue weighted by molar-refractivity contribution is 7.71. The maximum atomic E-state index is 5.68. The lowest BCUT2D eigenvalue weighted by Gasteiger charge is -2.06. The Bertz CT molecular complexity index is 610. The molecule has 0 amide bonds. The average molecular weight is 262 g/mol. The number of ether oxygens (including phenoxy) is 1. The second-order valence-corrected chi connectivity index (χ2v) is 5.46. The summed E-state index contributed by atoms with van der Waals surface area (Å²) in [5, 5.41) is 0. The number of hydrogen-bond acceptors (Lipinski definition) is 2. The lowest BCUT2D eigenvalue weighted by atomic mass is 10.2. The molecule has 0 radical (unpaired) electrons. The quantitative estimate of drug-likeness (QED) is 0.661. The fourth-order valence-corrected chi connectivity index (χ4v) is 2.53. The van der Waals surface area contributed by atoms with Gasteiger partial charge in [-0.3, -0.25) is 0 Å². The van der Waals surface area contributed by atoms with Crippen LogP contribution in [0.5, 0.6) is 0 Å². The van der Waals surface area contributed by atoms with E-state index < -0.39 is 0 Å². The van der Waals surface area contributed by atoms with E-state index in [0.29, 0.717) is 0 Å². The minimum absolute atomic E-state index is 0.742.